The number of para-hydroxylation sites is 2. The second-order valence-electron chi connectivity index (χ2n) is 12.5. The zero-order valence-corrected chi connectivity index (χ0v) is 26.1. The van der Waals surface area contributed by atoms with E-state index in [1.807, 2.05) is 6.07 Å². The van der Waals surface area contributed by atoms with Crippen LogP contribution in [0.15, 0.2) is 180 Å². The van der Waals surface area contributed by atoms with Crippen molar-refractivity contribution in [3.05, 3.63) is 176 Å². The first-order valence-electron chi connectivity index (χ1n) is 16.4. The van der Waals surface area contributed by atoms with Crippen molar-refractivity contribution in [2.24, 2.45) is 0 Å². The van der Waals surface area contributed by atoms with E-state index < -0.39 is 0 Å². The fourth-order valence-electron chi connectivity index (χ4n) is 7.64. The van der Waals surface area contributed by atoms with E-state index in [9.17, 15) is 0 Å². The first-order valence-corrected chi connectivity index (χ1v) is 16.4. The molecule has 224 valence electrons. The molecule has 0 aliphatic rings. The first kappa shape index (κ1) is 26.8. The van der Waals surface area contributed by atoms with Gasteiger partial charge in [-0.2, -0.15) is 0 Å². The molecule has 9 aromatic carbocycles. The molecule has 2 nitrogen and oxygen atoms in total. The summed E-state index contributed by atoms with van der Waals surface area (Å²) in [5.74, 6) is 0. The Hall–Kier alpha value is -6.38. The number of furan rings is 1. The number of anilines is 3. The van der Waals surface area contributed by atoms with Crippen LogP contribution in [0.4, 0.5) is 17.1 Å². The van der Waals surface area contributed by atoms with Crippen molar-refractivity contribution >= 4 is 82.1 Å². The molecular formula is C46H29NO. The topological polar surface area (TPSA) is 16.4 Å². The third-order valence-electron chi connectivity index (χ3n) is 9.79. The van der Waals surface area contributed by atoms with Crippen LogP contribution in [0.5, 0.6) is 0 Å². The lowest BCUT2D eigenvalue weighted by Crippen LogP contribution is -2.11. The average Bonchev–Trinajstić information content (AvgIpc) is 3.54. The van der Waals surface area contributed by atoms with E-state index in [1.165, 1.54) is 54.2 Å². The molecular weight excluding hydrogens is 583 g/mol. The highest BCUT2D eigenvalue weighted by Crippen LogP contribution is 2.47. The lowest BCUT2D eigenvalue weighted by atomic mass is 9.93. The lowest BCUT2D eigenvalue weighted by Gasteiger charge is -2.28. The Balaban J connectivity index is 1.29. The Labute approximate surface area is 277 Å². The SMILES string of the molecule is c1cc(-c2cc3ccccc3c3ccccc23)cc(N(c2cc3ccccc3c3ccccc23)c2cccc3c2oc2ccccc23)c1. The number of rotatable bonds is 4. The Morgan fingerprint density at radius 3 is 1.69 bits per heavy atom. The van der Waals surface area contributed by atoms with E-state index >= 15 is 0 Å². The molecule has 2 heteroatoms. The largest absolute Gasteiger partial charge is 0.454 e. The van der Waals surface area contributed by atoms with Gasteiger partial charge in [0.05, 0.1) is 11.4 Å². The van der Waals surface area contributed by atoms with E-state index in [0.717, 1.165) is 39.0 Å². The van der Waals surface area contributed by atoms with Crippen LogP contribution in [-0.4, -0.2) is 0 Å². The molecule has 1 aromatic heterocycles. The quantitative estimate of drug-likeness (QED) is 0.184. The van der Waals surface area contributed by atoms with E-state index in [4.69, 9.17) is 4.42 Å². The van der Waals surface area contributed by atoms with E-state index in [0.29, 0.717) is 0 Å². The summed E-state index contributed by atoms with van der Waals surface area (Å²) in [6, 6.07) is 63.3. The number of hydrogen-bond acceptors (Lipinski definition) is 2. The van der Waals surface area contributed by atoms with Crippen LogP contribution >= 0.6 is 0 Å². The van der Waals surface area contributed by atoms with Gasteiger partial charge in [-0.15, -0.1) is 0 Å². The number of hydrogen-bond donors (Lipinski definition) is 0. The molecule has 0 unspecified atom stereocenters. The molecule has 0 N–H and O–H groups in total. The third kappa shape index (κ3) is 4.06. The van der Waals surface area contributed by atoms with Crippen LogP contribution < -0.4 is 4.90 Å². The molecule has 10 aromatic rings. The van der Waals surface area contributed by atoms with Crippen LogP contribution in [0.25, 0.3) is 76.2 Å². The summed E-state index contributed by atoms with van der Waals surface area (Å²) in [7, 11) is 0. The summed E-state index contributed by atoms with van der Waals surface area (Å²) in [4.78, 5) is 2.40. The molecule has 0 aliphatic carbocycles. The van der Waals surface area contributed by atoms with Gasteiger partial charge in [0, 0.05) is 21.8 Å². The second-order valence-corrected chi connectivity index (χ2v) is 12.5. The fraction of sp³-hybridized carbons (Fsp3) is 0. The van der Waals surface area contributed by atoms with E-state index in [1.54, 1.807) is 0 Å². The molecule has 1 heterocycles. The minimum atomic E-state index is 0.873. The minimum absolute atomic E-state index is 0.873. The van der Waals surface area contributed by atoms with Crippen LogP contribution in [0.3, 0.4) is 0 Å². The van der Waals surface area contributed by atoms with Crippen LogP contribution in [-0.2, 0) is 0 Å². The van der Waals surface area contributed by atoms with E-state index in [2.05, 4.69) is 175 Å². The van der Waals surface area contributed by atoms with E-state index in [-0.39, 0.29) is 0 Å². The average molecular weight is 612 g/mol. The van der Waals surface area contributed by atoms with Crippen molar-refractivity contribution in [2.45, 2.75) is 0 Å². The molecule has 10 rings (SSSR count). The highest BCUT2D eigenvalue weighted by Gasteiger charge is 2.22. The molecule has 0 saturated heterocycles. The van der Waals surface area contributed by atoms with Crippen LogP contribution in [0, 0.1) is 0 Å². The predicted molar refractivity (Wildman–Crippen MR) is 204 cm³/mol. The third-order valence-corrected chi connectivity index (χ3v) is 9.79. The lowest BCUT2D eigenvalue weighted by molar-refractivity contribution is 0.669. The Morgan fingerprint density at radius 2 is 0.917 bits per heavy atom. The maximum absolute atomic E-state index is 6.69. The monoisotopic (exact) mass is 611 g/mol. The van der Waals surface area contributed by atoms with Crippen molar-refractivity contribution in [3.8, 4) is 11.1 Å². The normalized spacial score (nSPS) is 11.8. The van der Waals surface area contributed by atoms with Gasteiger partial charge < -0.3 is 9.32 Å². The number of fused-ring (bicyclic) bond motifs is 9. The van der Waals surface area contributed by atoms with Crippen LogP contribution in [0.2, 0.25) is 0 Å². The summed E-state index contributed by atoms with van der Waals surface area (Å²) >= 11 is 0. The summed E-state index contributed by atoms with van der Waals surface area (Å²) in [5, 5.41) is 12.1. The molecule has 0 bridgehead atoms. The summed E-state index contributed by atoms with van der Waals surface area (Å²) in [6.07, 6.45) is 0. The molecule has 0 saturated carbocycles. The van der Waals surface area contributed by atoms with Crippen molar-refractivity contribution in [1.82, 2.24) is 0 Å². The summed E-state index contributed by atoms with van der Waals surface area (Å²) in [6.45, 7) is 0. The van der Waals surface area contributed by atoms with Gasteiger partial charge in [0.15, 0.2) is 5.58 Å². The molecule has 0 spiro atoms. The van der Waals surface area contributed by atoms with Gasteiger partial charge >= 0.3 is 0 Å². The predicted octanol–water partition coefficient (Wildman–Crippen LogP) is 13.3. The highest BCUT2D eigenvalue weighted by atomic mass is 16.3. The zero-order chi connectivity index (χ0) is 31.6. The molecule has 0 aliphatic heterocycles. The highest BCUT2D eigenvalue weighted by molar-refractivity contribution is 6.17. The molecule has 0 amide bonds. The van der Waals surface area contributed by atoms with Crippen LogP contribution in [0.1, 0.15) is 0 Å². The smallest absolute Gasteiger partial charge is 0.159 e. The number of benzene rings is 9. The van der Waals surface area contributed by atoms with Gasteiger partial charge in [-0.25, -0.2) is 0 Å². The Bertz CT molecular complexity index is 2860. The van der Waals surface area contributed by atoms with Crippen molar-refractivity contribution in [1.29, 1.82) is 0 Å². The standard InChI is InChI=1S/C46H29NO/c1-3-17-34-31(13-1)28-42(38-21-6-5-19-36(34)38)30-15-11-16-33(27-30)47(43-25-12-24-41-40-23-9-10-26-45(40)48-46(41)43)44-29-32-14-2-4-18-35(32)37-20-7-8-22-39(37)44/h1-29H. The Morgan fingerprint density at radius 1 is 0.354 bits per heavy atom. The van der Waals surface area contributed by atoms with Crippen molar-refractivity contribution < 1.29 is 4.42 Å². The number of nitrogens with zero attached hydrogens (tertiary/aromatic N) is 1. The van der Waals surface area contributed by atoms with Gasteiger partial charge in [0.25, 0.3) is 0 Å². The van der Waals surface area contributed by atoms with Crippen molar-refractivity contribution in [3.63, 3.8) is 0 Å². The maximum atomic E-state index is 6.69. The van der Waals surface area contributed by atoms with Gasteiger partial charge in [-0.3, -0.25) is 0 Å². The van der Waals surface area contributed by atoms with Gasteiger partial charge in [0.2, 0.25) is 0 Å². The molecule has 0 radical (unpaired) electrons. The minimum Gasteiger partial charge on any atom is -0.454 e. The zero-order valence-electron chi connectivity index (χ0n) is 26.1. The molecule has 0 fully saturated rings. The van der Waals surface area contributed by atoms with Gasteiger partial charge in [0.1, 0.15) is 5.58 Å². The Kier molecular flexibility index (Phi) is 5.91. The van der Waals surface area contributed by atoms with Crippen molar-refractivity contribution in [2.75, 3.05) is 4.90 Å². The summed E-state index contributed by atoms with van der Waals surface area (Å²) < 4.78 is 6.69. The molecule has 48 heavy (non-hydrogen) atoms. The fourth-order valence-corrected chi connectivity index (χ4v) is 7.64. The first-order chi connectivity index (χ1) is 23.8. The second kappa shape index (κ2) is 10.6. The maximum Gasteiger partial charge on any atom is 0.159 e. The van der Waals surface area contributed by atoms with Gasteiger partial charge in [-0.05, 0) is 85.2 Å². The summed E-state index contributed by atoms with van der Waals surface area (Å²) in [5.41, 5.74) is 7.33. The molecule has 0 atom stereocenters. The van der Waals surface area contributed by atoms with Gasteiger partial charge in [-0.1, -0.05) is 140 Å².